The molecule has 180 valence electrons. The molecule has 1 aliphatic rings. The third-order valence-corrected chi connectivity index (χ3v) is 5.81. The highest BCUT2D eigenvalue weighted by molar-refractivity contribution is 5.92. The highest BCUT2D eigenvalue weighted by Crippen LogP contribution is 2.31. The second-order valence-electron chi connectivity index (χ2n) is 8.15. The number of amides is 2. The predicted molar refractivity (Wildman–Crippen MR) is 118 cm³/mol. The zero-order valence-electron chi connectivity index (χ0n) is 18.6. The van der Waals surface area contributed by atoms with Gasteiger partial charge in [0.05, 0.1) is 6.54 Å². The summed E-state index contributed by atoms with van der Waals surface area (Å²) in [4.78, 5) is 16.6. The van der Waals surface area contributed by atoms with Crippen LogP contribution in [0.25, 0.3) is 11.5 Å². The van der Waals surface area contributed by atoms with E-state index in [2.05, 4.69) is 14.6 Å². The maximum absolute atomic E-state index is 15.0. The Morgan fingerprint density at radius 1 is 1.06 bits per heavy atom. The first-order valence-corrected chi connectivity index (χ1v) is 11.1. The average Bonchev–Trinajstić information content (AvgIpc) is 3.35. The zero-order chi connectivity index (χ0) is 24.3. The summed E-state index contributed by atoms with van der Waals surface area (Å²) in [6, 6.07) is 11.2. The van der Waals surface area contributed by atoms with Crippen molar-refractivity contribution in [1.29, 1.82) is 0 Å². The Morgan fingerprint density at radius 3 is 2.35 bits per heavy atom. The van der Waals surface area contributed by atoms with Gasteiger partial charge in [0.2, 0.25) is 5.89 Å². The van der Waals surface area contributed by atoms with E-state index in [0.717, 1.165) is 37.3 Å². The fraction of sp³-hybridized carbons (Fsp3) is 0.375. The average molecular weight is 476 g/mol. The van der Waals surface area contributed by atoms with Crippen LogP contribution in [0.3, 0.4) is 0 Å². The number of rotatable bonds is 5. The van der Waals surface area contributed by atoms with Gasteiger partial charge in [-0.2, -0.15) is 13.2 Å². The molecule has 1 aromatic heterocycles. The van der Waals surface area contributed by atoms with E-state index >= 15 is 4.39 Å². The molecule has 0 aliphatic carbocycles. The number of anilines is 1. The van der Waals surface area contributed by atoms with E-state index in [1.165, 1.54) is 17.0 Å². The Balaban J connectivity index is 1.61. The first-order chi connectivity index (χ1) is 16.3. The minimum absolute atomic E-state index is 0.0189. The minimum Gasteiger partial charge on any atom is -0.413 e. The monoisotopic (exact) mass is 476 g/mol. The van der Waals surface area contributed by atoms with Gasteiger partial charge in [-0.1, -0.05) is 25.1 Å². The summed E-state index contributed by atoms with van der Waals surface area (Å²) >= 11 is 0. The molecule has 0 unspecified atom stereocenters. The lowest BCUT2D eigenvalue weighted by atomic mass is 10.1. The van der Waals surface area contributed by atoms with Gasteiger partial charge in [0.15, 0.2) is 0 Å². The molecule has 2 amide bonds. The maximum atomic E-state index is 15.0. The first kappa shape index (κ1) is 23.7. The minimum atomic E-state index is -4.79. The van der Waals surface area contributed by atoms with Crippen LogP contribution >= 0.6 is 0 Å². The molecule has 0 N–H and O–H groups in total. The highest BCUT2D eigenvalue weighted by atomic mass is 19.4. The number of carbonyl (C=O) groups is 1. The number of hydrogen-bond donors (Lipinski definition) is 0. The van der Waals surface area contributed by atoms with Gasteiger partial charge in [0.25, 0.3) is 0 Å². The van der Waals surface area contributed by atoms with Crippen LogP contribution in [0, 0.1) is 5.82 Å². The normalized spacial score (nSPS) is 14.3. The fourth-order valence-electron chi connectivity index (χ4n) is 3.87. The predicted octanol–water partition coefficient (Wildman–Crippen LogP) is 6.07. The first-order valence-electron chi connectivity index (χ1n) is 11.1. The lowest BCUT2D eigenvalue weighted by molar-refractivity contribution is -0.156. The van der Waals surface area contributed by atoms with Crippen molar-refractivity contribution in [3.63, 3.8) is 0 Å². The van der Waals surface area contributed by atoms with Crippen LogP contribution in [0.1, 0.15) is 43.2 Å². The van der Waals surface area contributed by atoms with Crippen LogP contribution in [0.5, 0.6) is 0 Å². The number of benzene rings is 2. The third-order valence-electron chi connectivity index (χ3n) is 5.81. The van der Waals surface area contributed by atoms with Crippen molar-refractivity contribution in [2.75, 3.05) is 18.0 Å². The number of nitrogens with zero attached hydrogens (tertiary/aromatic N) is 4. The molecule has 0 atom stereocenters. The number of carbonyl (C=O) groups excluding carboxylic acids is 1. The summed E-state index contributed by atoms with van der Waals surface area (Å²) < 4.78 is 57.8. The lowest BCUT2D eigenvalue weighted by Gasteiger charge is -2.33. The lowest BCUT2D eigenvalue weighted by Crippen LogP contribution is -2.45. The van der Waals surface area contributed by atoms with Crippen molar-refractivity contribution >= 4 is 11.7 Å². The molecule has 1 aliphatic heterocycles. The number of urea groups is 1. The van der Waals surface area contributed by atoms with Gasteiger partial charge in [-0.25, -0.2) is 9.18 Å². The number of aryl methyl sites for hydroxylation is 1. The zero-order valence-corrected chi connectivity index (χ0v) is 18.6. The Hall–Kier alpha value is -3.43. The maximum Gasteiger partial charge on any atom is 0.470 e. The molecule has 0 bridgehead atoms. The number of hydrogen-bond acceptors (Lipinski definition) is 4. The molecule has 0 radical (unpaired) electrons. The number of aromatic nitrogens is 2. The van der Waals surface area contributed by atoms with Crippen molar-refractivity contribution in [3.05, 3.63) is 65.3 Å². The molecule has 1 saturated heterocycles. The molecule has 1 fully saturated rings. The molecular formula is C24H24F4N4O2. The number of halogens is 4. The summed E-state index contributed by atoms with van der Waals surface area (Å²) in [6.07, 6.45) is -1.03. The Bertz CT molecular complexity index is 1140. The van der Waals surface area contributed by atoms with Crippen LogP contribution in [0.15, 0.2) is 46.9 Å². The van der Waals surface area contributed by atoms with E-state index < -0.39 is 23.8 Å². The number of alkyl halides is 3. The third kappa shape index (κ3) is 5.21. The van der Waals surface area contributed by atoms with Gasteiger partial charge in [0, 0.05) is 29.9 Å². The van der Waals surface area contributed by atoms with Crippen LogP contribution < -0.4 is 4.90 Å². The molecule has 10 heteroatoms. The van der Waals surface area contributed by atoms with Crippen molar-refractivity contribution < 1.29 is 26.8 Å². The van der Waals surface area contributed by atoms with E-state index in [-0.39, 0.29) is 23.7 Å². The van der Waals surface area contributed by atoms with Gasteiger partial charge in [-0.3, -0.25) is 4.90 Å². The van der Waals surface area contributed by atoms with Gasteiger partial charge >= 0.3 is 18.1 Å². The van der Waals surface area contributed by atoms with E-state index in [9.17, 15) is 18.0 Å². The van der Waals surface area contributed by atoms with E-state index in [0.29, 0.717) is 18.8 Å². The number of piperidine rings is 1. The smallest absolute Gasteiger partial charge is 0.413 e. The molecule has 2 aromatic carbocycles. The van der Waals surface area contributed by atoms with E-state index in [1.807, 2.05) is 31.2 Å². The van der Waals surface area contributed by atoms with Crippen LogP contribution in [-0.4, -0.2) is 34.2 Å². The molecule has 6 nitrogen and oxygen atoms in total. The van der Waals surface area contributed by atoms with E-state index in [1.54, 1.807) is 4.90 Å². The summed E-state index contributed by atoms with van der Waals surface area (Å²) in [5.41, 5.74) is 1.99. The summed E-state index contributed by atoms with van der Waals surface area (Å²) in [7, 11) is 0. The summed E-state index contributed by atoms with van der Waals surface area (Å²) in [5, 5.41) is 6.33. The van der Waals surface area contributed by atoms with Gasteiger partial charge in [0.1, 0.15) is 5.82 Å². The van der Waals surface area contributed by atoms with E-state index in [4.69, 9.17) is 0 Å². The molecular weight excluding hydrogens is 452 g/mol. The SMILES string of the molecule is CCc1ccc(N(Cc2ccc(-c3nnc(C(F)(F)F)o3)cc2F)C(=O)N2CCCCC2)cc1. The van der Waals surface area contributed by atoms with Crippen molar-refractivity contribution in [2.24, 2.45) is 0 Å². The van der Waals surface area contributed by atoms with Gasteiger partial charge in [-0.05, 0) is 55.5 Å². The topological polar surface area (TPSA) is 62.5 Å². The highest BCUT2D eigenvalue weighted by Gasteiger charge is 2.38. The van der Waals surface area contributed by atoms with Gasteiger partial charge in [-0.15, -0.1) is 10.2 Å². The quantitative estimate of drug-likeness (QED) is 0.420. The Labute approximate surface area is 194 Å². The molecule has 2 heterocycles. The molecule has 34 heavy (non-hydrogen) atoms. The molecule has 3 aromatic rings. The summed E-state index contributed by atoms with van der Waals surface area (Å²) in [5.74, 6) is -2.62. The summed E-state index contributed by atoms with van der Waals surface area (Å²) in [6.45, 7) is 3.28. The molecule has 0 saturated carbocycles. The molecule has 4 rings (SSSR count). The standard InChI is InChI=1S/C24H24F4N4O2/c1-2-16-6-10-19(11-7-16)32(23(33)31-12-4-3-5-13-31)15-18-9-8-17(14-20(18)25)21-29-30-22(34-21)24(26,27)28/h6-11,14H,2-5,12-13,15H2,1H3. The van der Waals surface area contributed by atoms with Crippen LogP contribution in [0.4, 0.5) is 28.0 Å². The number of likely N-dealkylation sites (tertiary alicyclic amines) is 1. The fourth-order valence-corrected chi connectivity index (χ4v) is 3.87. The molecule has 0 spiro atoms. The van der Waals surface area contributed by atoms with Crippen molar-refractivity contribution in [1.82, 2.24) is 15.1 Å². The van der Waals surface area contributed by atoms with Crippen molar-refractivity contribution in [3.8, 4) is 11.5 Å². The van der Waals surface area contributed by atoms with Crippen molar-refractivity contribution in [2.45, 2.75) is 45.3 Å². The largest absolute Gasteiger partial charge is 0.470 e. The second-order valence-corrected chi connectivity index (χ2v) is 8.15. The second kappa shape index (κ2) is 9.82. The van der Waals surface area contributed by atoms with Gasteiger partial charge < -0.3 is 9.32 Å². The van der Waals surface area contributed by atoms with Crippen LogP contribution in [-0.2, 0) is 19.1 Å². The Morgan fingerprint density at radius 2 is 1.76 bits per heavy atom. The Kier molecular flexibility index (Phi) is 6.85. The van der Waals surface area contributed by atoms with Crippen LogP contribution in [0.2, 0.25) is 0 Å².